The number of carbonyl (C=O) groups is 1. The molecule has 2 rings (SSSR count). The van der Waals surface area contributed by atoms with Gasteiger partial charge in [0.25, 0.3) is 0 Å². The average Bonchev–Trinajstić information content (AvgIpc) is 2.82. The highest BCUT2D eigenvalue weighted by atomic mass is 16.1. The van der Waals surface area contributed by atoms with Gasteiger partial charge in [-0.15, -0.1) is 0 Å². The van der Waals surface area contributed by atoms with Gasteiger partial charge in [-0.05, 0) is 25.4 Å². The van der Waals surface area contributed by atoms with E-state index in [0.29, 0.717) is 5.92 Å². The quantitative estimate of drug-likeness (QED) is 0.762. The molecule has 2 unspecified atom stereocenters. The third-order valence-corrected chi connectivity index (χ3v) is 3.28. The third-order valence-electron chi connectivity index (χ3n) is 3.28. The van der Waals surface area contributed by atoms with Crippen molar-refractivity contribution in [3.05, 3.63) is 35.9 Å². The monoisotopic (exact) mass is 203 g/mol. The number of ketones is 1. The van der Waals surface area contributed by atoms with E-state index < -0.39 is 0 Å². The summed E-state index contributed by atoms with van der Waals surface area (Å²) in [5.41, 5.74) is 0.844. The molecule has 15 heavy (non-hydrogen) atoms. The summed E-state index contributed by atoms with van der Waals surface area (Å²) in [6.07, 6.45) is 1.12. The lowest BCUT2D eigenvalue weighted by Gasteiger charge is -2.16. The summed E-state index contributed by atoms with van der Waals surface area (Å²) in [5.74, 6) is 0.935. The van der Waals surface area contributed by atoms with Crippen LogP contribution in [0.15, 0.2) is 30.3 Å². The Kier molecular flexibility index (Phi) is 3.17. The van der Waals surface area contributed by atoms with E-state index in [2.05, 4.69) is 5.32 Å². The maximum atomic E-state index is 12.1. The summed E-state index contributed by atoms with van der Waals surface area (Å²) in [5, 5.41) is 3.31. The molecule has 0 saturated carbocycles. The summed E-state index contributed by atoms with van der Waals surface area (Å²) in [7, 11) is 0. The lowest BCUT2D eigenvalue weighted by Crippen LogP contribution is -2.23. The maximum Gasteiger partial charge on any atom is 0.165 e. The first-order chi connectivity index (χ1) is 7.29. The van der Waals surface area contributed by atoms with Gasteiger partial charge in [0.15, 0.2) is 5.78 Å². The van der Waals surface area contributed by atoms with Gasteiger partial charge in [0.1, 0.15) is 0 Å². The Bertz CT molecular complexity index is 328. The Balaban J connectivity index is 2.07. The number of hydrogen-bond acceptors (Lipinski definition) is 2. The van der Waals surface area contributed by atoms with Crippen LogP contribution in [-0.4, -0.2) is 18.9 Å². The molecule has 0 amide bonds. The summed E-state index contributed by atoms with van der Waals surface area (Å²) in [6, 6.07) is 9.60. The van der Waals surface area contributed by atoms with Gasteiger partial charge in [0.2, 0.25) is 0 Å². The highest BCUT2D eigenvalue weighted by Crippen LogP contribution is 2.22. The average molecular weight is 203 g/mol. The fraction of sp³-hybridized carbons (Fsp3) is 0.462. The van der Waals surface area contributed by atoms with Crippen LogP contribution in [0.1, 0.15) is 23.7 Å². The fourth-order valence-corrected chi connectivity index (χ4v) is 2.18. The molecule has 0 radical (unpaired) electrons. The van der Waals surface area contributed by atoms with Crippen LogP contribution in [0.2, 0.25) is 0 Å². The number of Topliss-reactive ketones (excluding diaryl/α,β-unsaturated/α-hetero) is 1. The normalized spacial score (nSPS) is 22.6. The molecule has 0 bridgehead atoms. The van der Waals surface area contributed by atoms with Crippen LogP contribution < -0.4 is 5.32 Å². The first-order valence-corrected chi connectivity index (χ1v) is 5.59. The van der Waals surface area contributed by atoms with Crippen molar-refractivity contribution in [3.63, 3.8) is 0 Å². The van der Waals surface area contributed by atoms with E-state index in [4.69, 9.17) is 0 Å². The maximum absolute atomic E-state index is 12.1. The predicted octanol–water partition coefficient (Wildman–Crippen LogP) is 2.11. The molecule has 2 atom stereocenters. The van der Waals surface area contributed by atoms with Gasteiger partial charge in [-0.2, -0.15) is 0 Å². The fourth-order valence-electron chi connectivity index (χ4n) is 2.18. The van der Waals surface area contributed by atoms with Crippen LogP contribution in [0.5, 0.6) is 0 Å². The molecule has 1 saturated heterocycles. The van der Waals surface area contributed by atoms with Crippen molar-refractivity contribution in [2.24, 2.45) is 11.8 Å². The van der Waals surface area contributed by atoms with Gasteiger partial charge in [-0.25, -0.2) is 0 Å². The molecule has 0 spiro atoms. The van der Waals surface area contributed by atoms with Crippen molar-refractivity contribution in [2.45, 2.75) is 13.3 Å². The Labute approximate surface area is 90.7 Å². The topological polar surface area (TPSA) is 29.1 Å². The second-order valence-corrected chi connectivity index (χ2v) is 4.27. The number of nitrogens with one attached hydrogen (secondary N) is 1. The highest BCUT2D eigenvalue weighted by molar-refractivity contribution is 5.97. The van der Waals surface area contributed by atoms with E-state index in [0.717, 1.165) is 25.1 Å². The first-order valence-electron chi connectivity index (χ1n) is 5.59. The van der Waals surface area contributed by atoms with Gasteiger partial charge >= 0.3 is 0 Å². The van der Waals surface area contributed by atoms with E-state index in [1.807, 2.05) is 37.3 Å². The molecule has 1 heterocycles. The van der Waals surface area contributed by atoms with E-state index in [9.17, 15) is 4.79 Å². The van der Waals surface area contributed by atoms with Gasteiger partial charge < -0.3 is 5.32 Å². The van der Waals surface area contributed by atoms with Crippen LogP contribution in [0.3, 0.4) is 0 Å². The minimum atomic E-state index is 0.141. The van der Waals surface area contributed by atoms with Crippen molar-refractivity contribution in [1.82, 2.24) is 5.32 Å². The number of carbonyl (C=O) groups excluding carboxylic acids is 1. The zero-order valence-corrected chi connectivity index (χ0v) is 9.07. The number of rotatable bonds is 3. The summed E-state index contributed by atoms with van der Waals surface area (Å²) < 4.78 is 0. The zero-order chi connectivity index (χ0) is 10.7. The molecular weight excluding hydrogens is 186 g/mol. The standard InChI is InChI=1S/C13H17NO/c1-10(12-7-8-14-9-12)13(15)11-5-3-2-4-6-11/h2-6,10,12,14H,7-9H2,1H3. The molecule has 1 aliphatic rings. The molecule has 80 valence electrons. The Morgan fingerprint density at radius 3 is 2.73 bits per heavy atom. The molecule has 0 aliphatic carbocycles. The van der Waals surface area contributed by atoms with Crippen LogP contribution in [0.25, 0.3) is 0 Å². The van der Waals surface area contributed by atoms with E-state index in [1.165, 1.54) is 0 Å². The van der Waals surface area contributed by atoms with Crippen LogP contribution >= 0.6 is 0 Å². The second-order valence-electron chi connectivity index (χ2n) is 4.27. The van der Waals surface area contributed by atoms with Crippen molar-refractivity contribution in [2.75, 3.05) is 13.1 Å². The summed E-state index contributed by atoms with van der Waals surface area (Å²) in [4.78, 5) is 12.1. The molecule has 0 aromatic heterocycles. The molecule has 1 fully saturated rings. The molecular formula is C13H17NO. The molecule has 1 N–H and O–H groups in total. The van der Waals surface area contributed by atoms with Crippen LogP contribution in [-0.2, 0) is 0 Å². The van der Waals surface area contributed by atoms with Crippen molar-refractivity contribution in [1.29, 1.82) is 0 Å². The highest BCUT2D eigenvalue weighted by Gasteiger charge is 2.26. The Morgan fingerprint density at radius 2 is 2.13 bits per heavy atom. The predicted molar refractivity (Wildman–Crippen MR) is 60.9 cm³/mol. The van der Waals surface area contributed by atoms with E-state index in [1.54, 1.807) is 0 Å². The molecule has 2 nitrogen and oxygen atoms in total. The summed E-state index contributed by atoms with van der Waals surface area (Å²) in [6.45, 7) is 4.09. The first kappa shape index (κ1) is 10.4. The van der Waals surface area contributed by atoms with E-state index in [-0.39, 0.29) is 11.7 Å². The molecule has 1 aromatic rings. The number of benzene rings is 1. The Morgan fingerprint density at radius 1 is 1.40 bits per heavy atom. The van der Waals surface area contributed by atoms with Crippen molar-refractivity contribution in [3.8, 4) is 0 Å². The van der Waals surface area contributed by atoms with Crippen molar-refractivity contribution < 1.29 is 4.79 Å². The number of hydrogen-bond donors (Lipinski definition) is 1. The minimum Gasteiger partial charge on any atom is -0.316 e. The largest absolute Gasteiger partial charge is 0.316 e. The van der Waals surface area contributed by atoms with Crippen LogP contribution in [0, 0.1) is 11.8 Å². The molecule has 2 heteroatoms. The summed E-state index contributed by atoms with van der Waals surface area (Å²) >= 11 is 0. The third kappa shape index (κ3) is 2.26. The molecule has 1 aliphatic heterocycles. The van der Waals surface area contributed by atoms with Crippen molar-refractivity contribution >= 4 is 5.78 Å². The lowest BCUT2D eigenvalue weighted by atomic mass is 9.87. The van der Waals surface area contributed by atoms with E-state index >= 15 is 0 Å². The van der Waals surface area contributed by atoms with Gasteiger partial charge in [-0.1, -0.05) is 37.3 Å². The van der Waals surface area contributed by atoms with Gasteiger partial charge in [0.05, 0.1) is 0 Å². The zero-order valence-electron chi connectivity index (χ0n) is 9.07. The van der Waals surface area contributed by atoms with Gasteiger partial charge in [0, 0.05) is 11.5 Å². The Hall–Kier alpha value is -1.15. The lowest BCUT2D eigenvalue weighted by molar-refractivity contribution is 0.0893. The smallest absolute Gasteiger partial charge is 0.165 e. The van der Waals surface area contributed by atoms with Crippen LogP contribution in [0.4, 0.5) is 0 Å². The minimum absolute atomic E-state index is 0.141. The van der Waals surface area contributed by atoms with Gasteiger partial charge in [-0.3, -0.25) is 4.79 Å². The SMILES string of the molecule is CC(C(=O)c1ccccc1)C1CCNC1. The second kappa shape index (κ2) is 4.58. The molecule has 1 aromatic carbocycles.